The molecule has 1 atom stereocenters. The summed E-state index contributed by atoms with van der Waals surface area (Å²) in [5, 5.41) is 10.4. The largest absolute Gasteiger partial charge is 0.374 e. The Morgan fingerprint density at radius 2 is 2.04 bits per heavy atom. The number of piperidine rings is 1. The van der Waals surface area contributed by atoms with E-state index in [0.717, 1.165) is 19.3 Å². The number of nitrogens with one attached hydrogen (secondary N) is 1. The number of nitrogen functional groups attached to an aromatic ring is 1. The minimum atomic E-state index is -3.62. The van der Waals surface area contributed by atoms with Crippen molar-refractivity contribution in [2.24, 2.45) is 0 Å². The van der Waals surface area contributed by atoms with Gasteiger partial charge in [-0.1, -0.05) is 41.1 Å². The van der Waals surface area contributed by atoms with Crippen LogP contribution in [0.5, 0.6) is 0 Å². The van der Waals surface area contributed by atoms with Crippen molar-refractivity contribution in [1.82, 2.24) is 14.5 Å². The number of nitrogens with two attached hydrogens (primary N) is 1. The molecule has 152 valence electrons. The highest BCUT2D eigenvalue weighted by molar-refractivity contribution is 8.02. The van der Waals surface area contributed by atoms with Gasteiger partial charge in [-0.05, 0) is 38.0 Å². The molecule has 1 aromatic heterocycles. The zero-order valence-electron chi connectivity index (χ0n) is 15.1. The second kappa shape index (κ2) is 8.95. The van der Waals surface area contributed by atoms with Crippen molar-refractivity contribution in [2.45, 2.75) is 40.7 Å². The van der Waals surface area contributed by atoms with Gasteiger partial charge in [0.1, 0.15) is 0 Å². The molecule has 28 heavy (non-hydrogen) atoms. The Bertz CT molecular complexity index is 960. The fraction of sp³-hybridized carbons (Fsp3) is 0.438. The highest BCUT2D eigenvalue weighted by Gasteiger charge is 2.27. The van der Waals surface area contributed by atoms with Gasteiger partial charge >= 0.3 is 0 Å². The number of carbonyl (C=O) groups excluding carboxylic acids is 1. The molecule has 0 radical (unpaired) electrons. The van der Waals surface area contributed by atoms with Crippen molar-refractivity contribution < 1.29 is 13.2 Å². The summed E-state index contributed by atoms with van der Waals surface area (Å²) in [5.74, 6) is -0.326. The summed E-state index contributed by atoms with van der Waals surface area (Å²) in [6.07, 6.45) is 2.73. The van der Waals surface area contributed by atoms with Crippen LogP contribution in [0.15, 0.2) is 27.4 Å². The number of amides is 1. The molecule has 1 aromatic carbocycles. The van der Waals surface area contributed by atoms with Crippen molar-refractivity contribution in [3.05, 3.63) is 23.2 Å². The van der Waals surface area contributed by atoms with E-state index >= 15 is 0 Å². The SMILES string of the molecule is CC(Sc1nnc(N)s1)C(=O)Nc1cc(S(=O)(=O)N2CCCCC2)ccc1Cl. The number of rotatable bonds is 6. The van der Waals surface area contributed by atoms with Crippen LogP contribution in [0.1, 0.15) is 26.2 Å². The van der Waals surface area contributed by atoms with Gasteiger partial charge in [-0.3, -0.25) is 4.79 Å². The number of sulfonamides is 1. The third kappa shape index (κ3) is 4.95. The van der Waals surface area contributed by atoms with Crippen molar-refractivity contribution in [2.75, 3.05) is 24.1 Å². The maximum absolute atomic E-state index is 12.9. The van der Waals surface area contributed by atoms with E-state index in [4.69, 9.17) is 17.3 Å². The number of anilines is 2. The second-order valence-corrected chi connectivity index (χ2v) is 11.2. The number of hydrogen-bond acceptors (Lipinski definition) is 8. The Balaban J connectivity index is 1.74. The van der Waals surface area contributed by atoms with Gasteiger partial charge in [0.15, 0.2) is 4.34 Å². The van der Waals surface area contributed by atoms with E-state index in [-0.39, 0.29) is 21.5 Å². The minimum absolute atomic E-state index is 0.117. The highest BCUT2D eigenvalue weighted by atomic mass is 35.5. The molecule has 1 amide bonds. The third-order valence-corrected chi connectivity index (χ3v) is 8.38. The van der Waals surface area contributed by atoms with Crippen molar-refractivity contribution in [3.63, 3.8) is 0 Å². The zero-order chi connectivity index (χ0) is 20.3. The molecule has 2 aromatic rings. The van der Waals surface area contributed by atoms with Crippen molar-refractivity contribution >= 4 is 61.4 Å². The van der Waals surface area contributed by atoms with Gasteiger partial charge in [0.25, 0.3) is 0 Å². The number of benzene rings is 1. The van der Waals surface area contributed by atoms with E-state index in [0.29, 0.717) is 22.6 Å². The maximum atomic E-state index is 12.9. The summed E-state index contributed by atoms with van der Waals surface area (Å²) in [6, 6.07) is 4.35. The van der Waals surface area contributed by atoms with E-state index in [9.17, 15) is 13.2 Å². The number of nitrogens with zero attached hydrogens (tertiary/aromatic N) is 3. The van der Waals surface area contributed by atoms with E-state index in [2.05, 4.69) is 15.5 Å². The van der Waals surface area contributed by atoms with Gasteiger partial charge in [0.2, 0.25) is 21.1 Å². The fourth-order valence-electron chi connectivity index (χ4n) is 2.72. The van der Waals surface area contributed by atoms with E-state index < -0.39 is 15.3 Å². The molecule has 2 heterocycles. The number of hydrogen-bond donors (Lipinski definition) is 2. The zero-order valence-corrected chi connectivity index (χ0v) is 18.3. The Kier molecular flexibility index (Phi) is 6.81. The number of thioether (sulfide) groups is 1. The molecule has 1 fully saturated rings. The molecule has 0 saturated carbocycles. The molecule has 1 saturated heterocycles. The van der Waals surface area contributed by atoms with Crippen LogP contribution in [0.2, 0.25) is 5.02 Å². The van der Waals surface area contributed by atoms with E-state index in [1.807, 2.05) is 0 Å². The average Bonchev–Trinajstić information content (AvgIpc) is 3.08. The highest BCUT2D eigenvalue weighted by Crippen LogP contribution is 2.31. The monoisotopic (exact) mass is 461 g/mol. The lowest BCUT2D eigenvalue weighted by Gasteiger charge is -2.26. The lowest BCUT2D eigenvalue weighted by molar-refractivity contribution is -0.115. The van der Waals surface area contributed by atoms with Crippen LogP contribution in [0.4, 0.5) is 10.8 Å². The first-order chi connectivity index (χ1) is 13.3. The summed E-state index contributed by atoms with van der Waals surface area (Å²) in [5.41, 5.74) is 5.80. The van der Waals surface area contributed by atoms with Crippen molar-refractivity contribution in [3.8, 4) is 0 Å². The predicted octanol–water partition coefficient (Wildman–Crippen LogP) is 3.07. The average molecular weight is 462 g/mol. The summed E-state index contributed by atoms with van der Waals surface area (Å²) >= 11 is 8.58. The topological polar surface area (TPSA) is 118 Å². The smallest absolute Gasteiger partial charge is 0.243 e. The van der Waals surface area contributed by atoms with Crippen LogP contribution in [0.3, 0.4) is 0 Å². The van der Waals surface area contributed by atoms with Gasteiger partial charge in [-0.15, -0.1) is 10.2 Å². The molecular formula is C16H20ClN5O3S3. The molecule has 8 nitrogen and oxygen atoms in total. The Morgan fingerprint density at radius 3 is 2.68 bits per heavy atom. The molecular weight excluding hydrogens is 442 g/mol. The minimum Gasteiger partial charge on any atom is -0.374 e. The standard InChI is InChI=1S/C16H20ClN5O3S3/c1-10(26-16-21-20-15(18)27-16)14(23)19-13-9-11(5-6-12(13)17)28(24,25)22-7-3-2-4-8-22/h5-6,9-10H,2-4,7-8H2,1H3,(H2,18,20)(H,19,23). The third-order valence-electron chi connectivity index (χ3n) is 4.22. The van der Waals surface area contributed by atoms with Gasteiger partial charge in [-0.2, -0.15) is 4.31 Å². The molecule has 0 aliphatic carbocycles. The first-order valence-corrected chi connectivity index (χ1v) is 12.1. The normalized spacial score (nSPS) is 16.6. The lowest BCUT2D eigenvalue weighted by atomic mass is 10.2. The fourth-order valence-corrected chi connectivity index (χ4v) is 6.21. The number of halogens is 1. The first kappa shape index (κ1) is 21.3. The Hall–Kier alpha value is -1.40. The number of aromatic nitrogens is 2. The summed E-state index contributed by atoms with van der Waals surface area (Å²) in [6.45, 7) is 2.72. The molecule has 3 rings (SSSR count). The summed E-state index contributed by atoms with van der Waals surface area (Å²) < 4.78 is 27.8. The molecule has 1 aliphatic heterocycles. The summed E-state index contributed by atoms with van der Waals surface area (Å²) in [4.78, 5) is 12.6. The Labute approximate surface area is 176 Å². The van der Waals surface area contributed by atoms with E-state index in [1.54, 1.807) is 6.92 Å². The quantitative estimate of drug-likeness (QED) is 0.634. The van der Waals surface area contributed by atoms with Crippen LogP contribution in [0, 0.1) is 0 Å². The lowest BCUT2D eigenvalue weighted by Crippen LogP contribution is -2.35. The van der Waals surface area contributed by atoms with Crippen LogP contribution < -0.4 is 11.1 Å². The van der Waals surface area contributed by atoms with Crippen LogP contribution in [-0.2, 0) is 14.8 Å². The van der Waals surface area contributed by atoms with E-state index in [1.165, 1.54) is 45.6 Å². The number of carbonyl (C=O) groups is 1. The summed E-state index contributed by atoms with van der Waals surface area (Å²) in [7, 11) is -3.62. The van der Waals surface area contributed by atoms with Gasteiger partial charge < -0.3 is 11.1 Å². The molecule has 1 aliphatic rings. The molecule has 12 heteroatoms. The Morgan fingerprint density at radius 1 is 1.32 bits per heavy atom. The molecule has 0 bridgehead atoms. The first-order valence-electron chi connectivity index (χ1n) is 8.63. The van der Waals surface area contributed by atoms with Crippen molar-refractivity contribution in [1.29, 1.82) is 0 Å². The van der Waals surface area contributed by atoms with Crippen LogP contribution in [-0.4, -0.2) is 47.2 Å². The molecule has 3 N–H and O–H groups in total. The van der Waals surface area contributed by atoms with Gasteiger partial charge in [-0.25, -0.2) is 8.42 Å². The second-order valence-electron chi connectivity index (χ2n) is 6.26. The van der Waals surface area contributed by atoms with Gasteiger partial charge in [0, 0.05) is 13.1 Å². The molecule has 0 spiro atoms. The van der Waals surface area contributed by atoms with Crippen LogP contribution in [0.25, 0.3) is 0 Å². The molecule has 1 unspecified atom stereocenters. The van der Waals surface area contributed by atoms with Crippen LogP contribution >= 0.6 is 34.7 Å². The predicted molar refractivity (Wildman–Crippen MR) is 112 cm³/mol. The van der Waals surface area contributed by atoms with Gasteiger partial charge in [0.05, 0.1) is 20.9 Å². The maximum Gasteiger partial charge on any atom is 0.243 e.